The lowest BCUT2D eigenvalue weighted by Crippen LogP contribution is -2.19. The van der Waals surface area contributed by atoms with Gasteiger partial charge in [-0.05, 0) is 30.7 Å². The molecule has 3 nitrogen and oxygen atoms in total. The normalized spacial score (nSPS) is 12.1. The molecule has 0 saturated carbocycles. The molecule has 0 aromatic heterocycles. The third-order valence-corrected chi connectivity index (χ3v) is 3.26. The van der Waals surface area contributed by atoms with Gasteiger partial charge in [-0.15, -0.1) is 0 Å². The number of aromatic carboxylic acids is 1. The maximum absolute atomic E-state index is 13.6. The van der Waals surface area contributed by atoms with Gasteiger partial charge in [0.05, 0.1) is 5.56 Å². The summed E-state index contributed by atoms with van der Waals surface area (Å²) in [7, 11) is 0. The fourth-order valence-corrected chi connectivity index (χ4v) is 2.00. The molecule has 5 heteroatoms. The standard InChI is InChI=1S/C16H15F2NO2/c1-10(13-3-2-4-14(17)15(13)18)19-9-11-5-7-12(8-6-11)16(20)21/h2-8,10,19H,9H2,1H3,(H,20,21). The molecule has 0 spiro atoms. The molecule has 0 aliphatic rings. The molecule has 0 saturated heterocycles. The Kier molecular flexibility index (Phi) is 4.65. The highest BCUT2D eigenvalue weighted by molar-refractivity contribution is 5.87. The second-order valence-electron chi connectivity index (χ2n) is 4.75. The lowest BCUT2D eigenvalue weighted by molar-refractivity contribution is 0.0697. The van der Waals surface area contributed by atoms with Crippen LogP contribution in [0.5, 0.6) is 0 Å². The quantitative estimate of drug-likeness (QED) is 0.886. The van der Waals surface area contributed by atoms with Crippen molar-refractivity contribution in [2.24, 2.45) is 0 Å². The Bertz CT molecular complexity index is 641. The van der Waals surface area contributed by atoms with Crippen LogP contribution in [0.1, 0.15) is 34.5 Å². The van der Waals surface area contributed by atoms with Gasteiger partial charge in [0.2, 0.25) is 0 Å². The molecule has 2 rings (SSSR count). The number of hydrogen-bond donors (Lipinski definition) is 2. The zero-order valence-corrected chi connectivity index (χ0v) is 11.4. The second kappa shape index (κ2) is 6.45. The number of carboxylic acids is 1. The predicted octanol–water partition coefficient (Wildman–Crippen LogP) is 3.51. The van der Waals surface area contributed by atoms with Crippen molar-refractivity contribution in [3.05, 3.63) is 70.8 Å². The van der Waals surface area contributed by atoms with E-state index in [2.05, 4.69) is 5.32 Å². The first-order chi connectivity index (χ1) is 9.99. The van der Waals surface area contributed by atoms with E-state index in [9.17, 15) is 13.6 Å². The highest BCUT2D eigenvalue weighted by Crippen LogP contribution is 2.19. The van der Waals surface area contributed by atoms with E-state index in [0.29, 0.717) is 6.54 Å². The van der Waals surface area contributed by atoms with Gasteiger partial charge >= 0.3 is 5.97 Å². The van der Waals surface area contributed by atoms with Crippen LogP contribution in [0.25, 0.3) is 0 Å². The maximum Gasteiger partial charge on any atom is 0.335 e. The molecule has 0 aliphatic carbocycles. The van der Waals surface area contributed by atoms with Gasteiger partial charge in [-0.25, -0.2) is 13.6 Å². The summed E-state index contributed by atoms with van der Waals surface area (Å²) in [4.78, 5) is 10.7. The van der Waals surface area contributed by atoms with Crippen LogP contribution in [0.2, 0.25) is 0 Å². The first-order valence-electron chi connectivity index (χ1n) is 6.48. The van der Waals surface area contributed by atoms with Crippen LogP contribution in [0, 0.1) is 11.6 Å². The summed E-state index contributed by atoms with van der Waals surface area (Å²) in [6.45, 7) is 2.17. The van der Waals surface area contributed by atoms with Crippen molar-refractivity contribution in [2.75, 3.05) is 0 Å². The Hall–Kier alpha value is -2.27. The minimum absolute atomic E-state index is 0.211. The molecular formula is C16H15F2NO2. The summed E-state index contributed by atoms with van der Waals surface area (Å²) >= 11 is 0. The molecule has 1 atom stereocenters. The molecular weight excluding hydrogens is 276 g/mol. The Labute approximate surface area is 121 Å². The molecule has 2 aromatic carbocycles. The summed E-state index contributed by atoms with van der Waals surface area (Å²) in [5.41, 5.74) is 1.34. The van der Waals surface area contributed by atoms with E-state index in [0.717, 1.165) is 11.6 Å². The maximum atomic E-state index is 13.6. The molecule has 21 heavy (non-hydrogen) atoms. The fourth-order valence-electron chi connectivity index (χ4n) is 2.00. The molecule has 2 N–H and O–H groups in total. The first kappa shape index (κ1) is 15.1. The van der Waals surface area contributed by atoms with Crippen molar-refractivity contribution in [1.82, 2.24) is 5.32 Å². The van der Waals surface area contributed by atoms with Gasteiger partial charge in [-0.1, -0.05) is 24.3 Å². The van der Waals surface area contributed by atoms with Crippen molar-refractivity contribution in [1.29, 1.82) is 0 Å². The Morgan fingerprint density at radius 1 is 1.19 bits per heavy atom. The molecule has 0 bridgehead atoms. The van der Waals surface area contributed by atoms with Gasteiger partial charge < -0.3 is 10.4 Å². The topological polar surface area (TPSA) is 49.3 Å². The number of halogens is 2. The van der Waals surface area contributed by atoms with E-state index in [1.54, 1.807) is 19.1 Å². The SMILES string of the molecule is CC(NCc1ccc(C(=O)O)cc1)c1cccc(F)c1F. The van der Waals surface area contributed by atoms with Crippen molar-refractivity contribution < 1.29 is 18.7 Å². The monoisotopic (exact) mass is 291 g/mol. The number of carboxylic acid groups (broad SMARTS) is 1. The summed E-state index contributed by atoms with van der Waals surface area (Å²) < 4.78 is 26.8. The average Bonchev–Trinajstić information content (AvgIpc) is 2.48. The minimum atomic E-state index is -0.982. The molecule has 110 valence electrons. The second-order valence-corrected chi connectivity index (χ2v) is 4.75. The van der Waals surface area contributed by atoms with E-state index in [4.69, 9.17) is 5.11 Å². The van der Waals surface area contributed by atoms with Crippen LogP contribution < -0.4 is 5.32 Å². The lowest BCUT2D eigenvalue weighted by atomic mass is 10.1. The molecule has 0 amide bonds. The summed E-state index contributed by atoms with van der Waals surface area (Å²) in [5.74, 6) is -2.70. The molecule has 0 fully saturated rings. The average molecular weight is 291 g/mol. The number of carbonyl (C=O) groups is 1. The highest BCUT2D eigenvalue weighted by Gasteiger charge is 2.13. The highest BCUT2D eigenvalue weighted by atomic mass is 19.2. The van der Waals surface area contributed by atoms with Gasteiger partial charge in [0, 0.05) is 18.2 Å². The van der Waals surface area contributed by atoms with Crippen LogP contribution in [-0.2, 0) is 6.54 Å². The van der Waals surface area contributed by atoms with Gasteiger partial charge in [0.15, 0.2) is 11.6 Å². The van der Waals surface area contributed by atoms with E-state index in [1.165, 1.54) is 24.3 Å². The van der Waals surface area contributed by atoms with Gasteiger partial charge in [-0.2, -0.15) is 0 Å². The zero-order chi connectivity index (χ0) is 15.4. The molecule has 1 unspecified atom stereocenters. The van der Waals surface area contributed by atoms with Gasteiger partial charge in [0.25, 0.3) is 0 Å². The summed E-state index contributed by atoms with van der Waals surface area (Å²) in [6.07, 6.45) is 0. The van der Waals surface area contributed by atoms with E-state index in [1.807, 2.05) is 0 Å². The van der Waals surface area contributed by atoms with Crippen LogP contribution >= 0.6 is 0 Å². The Balaban J connectivity index is 2.02. The van der Waals surface area contributed by atoms with Crippen LogP contribution in [-0.4, -0.2) is 11.1 Å². The van der Waals surface area contributed by atoms with E-state index < -0.39 is 17.6 Å². The van der Waals surface area contributed by atoms with E-state index in [-0.39, 0.29) is 17.2 Å². The van der Waals surface area contributed by atoms with Gasteiger partial charge in [0.1, 0.15) is 0 Å². The molecule has 2 aromatic rings. The van der Waals surface area contributed by atoms with Crippen molar-refractivity contribution in [3.8, 4) is 0 Å². The predicted molar refractivity (Wildman–Crippen MR) is 75.0 cm³/mol. The Morgan fingerprint density at radius 2 is 1.86 bits per heavy atom. The van der Waals surface area contributed by atoms with Crippen molar-refractivity contribution in [3.63, 3.8) is 0 Å². The molecule has 0 radical (unpaired) electrons. The fraction of sp³-hybridized carbons (Fsp3) is 0.188. The lowest BCUT2D eigenvalue weighted by Gasteiger charge is -2.15. The van der Waals surface area contributed by atoms with Crippen molar-refractivity contribution in [2.45, 2.75) is 19.5 Å². The first-order valence-corrected chi connectivity index (χ1v) is 6.48. The van der Waals surface area contributed by atoms with Crippen molar-refractivity contribution >= 4 is 5.97 Å². The van der Waals surface area contributed by atoms with Crippen LogP contribution in [0.3, 0.4) is 0 Å². The number of benzene rings is 2. The van der Waals surface area contributed by atoms with Gasteiger partial charge in [-0.3, -0.25) is 0 Å². The smallest absolute Gasteiger partial charge is 0.335 e. The number of hydrogen-bond acceptors (Lipinski definition) is 2. The van der Waals surface area contributed by atoms with E-state index >= 15 is 0 Å². The molecule has 0 heterocycles. The summed E-state index contributed by atoms with van der Waals surface area (Å²) in [6, 6.07) is 10.1. The number of nitrogens with one attached hydrogen (secondary N) is 1. The third kappa shape index (κ3) is 3.64. The third-order valence-electron chi connectivity index (χ3n) is 3.26. The Morgan fingerprint density at radius 3 is 2.48 bits per heavy atom. The molecule has 0 aliphatic heterocycles. The number of rotatable bonds is 5. The minimum Gasteiger partial charge on any atom is -0.478 e. The van der Waals surface area contributed by atoms with Crippen LogP contribution in [0.4, 0.5) is 8.78 Å². The largest absolute Gasteiger partial charge is 0.478 e. The van der Waals surface area contributed by atoms with Crippen LogP contribution in [0.15, 0.2) is 42.5 Å². The zero-order valence-electron chi connectivity index (χ0n) is 11.4. The summed E-state index contributed by atoms with van der Waals surface area (Å²) in [5, 5.41) is 11.9.